The number of H-pyrrole nitrogens is 1. The molecule has 0 aliphatic carbocycles. The molecule has 1 aromatic heterocycles. The molecular formula is C20H17ClN4O3. The van der Waals surface area contributed by atoms with Crippen LogP contribution in [-0.2, 0) is 0 Å². The highest BCUT2D eigenvalue weighted by molar-refractivity contribution is 6.30. The van der Waals surface area contributed by atoms with Gasteiger partial charge in [0.05, 0.1) is 17.2 Å². The number of nitrogens with one attached hydrogen (secondary N) is 1. The van der Waals surface area contributed by atoms with Gasteiger partial charge in [0.15, 0.2) is 0 Å². The molecule has 28 heavy (non-hydrogen) atoms. The molecule has 1 fully saturated rings. The molecule has 0 saturated carbocycles. The summed E-state index contributed by atoms with van der Waals surface area (Å²) in [5.41, 5.74) is 1.95. The summed E-state index contributed by atoms with van der Waals surface area (Å²) in [5.74, 6) is 0.288. The lowest BCUT2D eigenvalue weighted by Crippen LogP contribution is -2.30. The van der Waals surface area contributed by atoms with Crippen LogP contribution in [0.1, 0.15) is 34.9 Å². The van der Waals surface area contributed by atoms with Gasteiger partial charge in [-0.3, -0.25) is 14.9 Å². The fraction of sp³-hybridized carbons (Fsp3) is 0.200. The van der Waals surface area contributed by atoms with Crippen LogP contribution in [0.15, 0.2) is 54.7 Å². The monoisotopic (exact) mass is 396 g/mol. The van der Waals surface area contributed by atoms with Crippen molar-refractivity contribution in [3.8, 4) is 11.4 Å². The van der Waals surface area contributed by atoms with Gasteiger partial charge in [0.25, 0.3) is 11.6 Å². The van der Waals surface area contributed by atoms with Crippen LogP contribution in [0.4, 0.5) is 5.69 Å². The molecule has 4 rings (SSSR count). The van der Waals surface area contributed by atoms with Crippen molar-refractivity contribution in [1.82, 2.24) is 14.9 Å². The summed E-state index contributed by atoms with van der Waals surface area (Å²) in [5, 5.41) is 11.6. The zero-order valence-corrected chi connectivity index (χ0v) is 15.6. The lowest BCUT2D eigenvalue weighted by Gasteiger charge is -2.24. The number of hydrogen-bond acceptors (Lipinski definition) is 4. The van der Waals surface area contributed by atoms with Gasteiger partial charge in [-0.05, 0) is 30.5 Å². The first-order valence-corrected chi connectivity index (χ1v) is 9.27. The molecular weight excluding hydrogens is 380 g/mol. The van der Waals surface area contributed by atoms with E-state index in [0.29, 0.717) is 28.6 Å². The Morgan fingerprint density at radius 3 is 2.79 bits per heavy atom. The highest BCUT2D eigenvalue weighted by atomic mass is 35.5. The maximum absolute atomic E-state index is 13.0. The summed E-state index contributed by atoms with van der Waals surface area (Å²) >= 11 is 5.97. The van der Waals surface area contributed by atoms with Crippen LogP contribution in [0.25, 0.3) is 11.4 Å². The number of nitro groups is 1. The van der Waals surface area contributed by atoms with Crippen LogP contribution in [0.3, 0.4) is 0 Å². The van der Waals surface area contributed by atoms with Crippen LogP contribution >= 0.6 is 11.6 Å². The van der Waals surface area contributed by atoms with Gasteiger partial charge in [0, 0.05) is 29.3 Å². The zero-order chi connectivity index (χ0) is 19.7. The second-order valence-corrected chi connectivity index (χ2v) is 7.10. The molecule has 142 valence electrons. The summed E-state index contributed by atoms with van der Waals surface area (Å²) < 4.78 is 0. The van der Waals surface area contributed by atoms with Crippen LogP contribution in [-0.4, -0.2) is 32.2 Å². The first-order chi connectivity index (χ1) is 13.5. The predicted molar refractivity (Wildman–Crippen MR) is 105 cm³/mol. The molecule has 3 aromatic rings. The highest BCUT2D eigenvalue weighted by Crippen LogP contribution is 2.33. The number of rotatable bonds is 4. The highest BCUT2D eigenvalue weighted by Gasteiger charge is 2.31. The van der Waals surface area contributed by atoms with E-state index in [9.17, 15) is 14.9 Å². The Morgan fingerprint density at radius 1 is 1.25 bits per heavy atom. The number of aromatic amines is 1. The molecule has 1 unspecified atom stereocenters. The van der Waals surface area contributed by atoms with Gasteiger partial charge >= 0.3 is 0 Å². The Kier molecular flexibility index (Phi) is 4.83. The smallest absolute Gasteiger partial charge is 0.272 e. The van der Waals surface area contributed by atoms with Crippen molar-refractivity contribution in [3.63, 3.8) is 0 Å². The van der Waals surface area contributed by atoms with Crippen LogP contribution in [0.2, 0.25) is 5.02 Å². The van der Waals surface area contributed by atoms with Crippen LogP contribution in [0.5, 0.6) is 0 Å². The summed E-state index contributed by atoms with van der Waals surface area (Å²) in [6, 6.07) is 13.7. The second-order valence-electron chi connectivity index (χ2n) is 6.66. The molecule has 0 radical (unpaired) electrons. The van der Waals surface area contributed by atoms with Crippen molar-refractivity contribution in [3.05, 3.63) is 81.1 Å². The number of likely N-dealkylation sites (tertiary alicyclic amines) is 1. The second kappa shape index (κ2) is 7.44. The zero-order valence-electron chi connectivity index (χ0n) is 14.8. The maximum Gasteiger partial charge on any atom is 0.272 e. The summed E-state index contributed by atoms with van der Waals surface area (Å²) in [7, 11) is 0. The van der Waals surface area contributed by atoms with E-state index in [1.165, 1.54) is 18.3 Å². The molecule has 1 aliphatic rings. The average Bonchev–Trinajstić information content (AvgIpc) is 3.38. The van der Waals surface area contributed by atoms with E-state index in [-0.39, 0.29) is 17.6 Å². The molecule has 8 heteroatoms. The molecule has 7 nitrogen and oxygen atoms in total. The fourth-order valence-corrected chi connectivity index (χ4v) is 3.67. The SMILES string of the molecule is O=C(c1cnc(-c2cccc([N+](=O)[O-])c2)[nH]1)N1CCCC1c1ccc(Cl)cc1. The minimum absolute atomic E-state index is 0.00525. The Labute approximate surface area is 166 Å². The van der Waals surface area contributed by atoms with E-state index >= 15 is 0 Å². The van der Waals surface area contributed by atoms with E-state index in [2.05, 4.69) is 9.97 Å². The number of non-ortho nitro benzene ring substituents is 1. The van der Waals surface area contributed by atoms with Crippen molar-refractivity contribution in [1.29, 1.82) is 0 Å². The maximum atomic E-state index is 13.0. The third kappa shape index (κ3) is 3.48. The Bertz CT molecular complexity index is 1030. The predicted octanol–water partition coefficient (Wildman–Crippen LogP) is 4.62. The minimum atomic E-state index is -0.459. The van der Waals surface area contributed by atoms with Crippen LogP contribution in [0, 0.1) is 10.1 Å². The van der Waals surface area contributed by atoms with Gasteiger partial charge in [0.2, 0.25) is 0 Å². The first kappa shape index (κ1) is 18.2. The summed E-state index contributed by atoms with van der Waals surface area (Å²) in [6.07, 6.45) is 3.29. The van der Waals surface area contributed by atoms with Gasteiger partial charge in [0.1, 0.15) is 11.5 Å². The van der Waals surface area contributed by atoms with Gasteiger partial charge in [-0.15, -0.1) is 0 Å². The number of amides is 1. The summed E-state index contributed by atoms with van der Waals surface area (Å²) in [4.78, 5) is 32.6. The van der Waals surface area contributed by atoms with E-state index < -0.39 is 4.92 Å². The number of benzene rings is 2. The molecule has 1 amide bonds. The third-order valence-corrected chi connectivity index (χ3v) is 5.16. The molecule has 1 atom stereocenters. The summed E-state index contributed by atoms with van der Waals surface area (Å²) in [6.45, 7) is 0.664. The average molecular weight is 397 g/mol. The lowest BCUT2D eigenvalue weighted by atomic mass is 10.0. The Hall–Kier alpha value is -3.19. The van der Waals surface area contributed by atoms with Gasteiger partial charge in [-0.1, -0.05) is 35.9 Å². The van der Waals surface area contributed by atoms with E-state index in [4.69, 9.17) is 11.6 Å². The number of carbonyl (C=O) groups is 1. The Balaban J connectivity index is 1.58. The van der Waals surface area contributed by atoms with Gasteiger partial charge in [-0.2, -0.15) is 0 Å². The number of aromatic nitrogens is 2. The number of hydrogen-bond donors (Lipinski definition) is 1. The molecule has 0 bridgehead atoms. The van der Waals surface area contributed by atoms with Crippen LogP contribution < -0.4 is 0 Å². The topological polar surface area (TPSA) is 92.1 Å². The largest absolute Gasteiger partial charge is 0.334 e. The van der Waals surface area contributed by atoms with Crippen molar-refractivity contribution in [2.45, 2.75) is 18.9 Å². The third-order valence-electron chi connectivity index (χ3n) is 4.91. The van der Waals surface area contributed by atoms with E-state index in [1.54, 1.807) is 12.1 Å². The number of halogens is 1. The lowest BCUT2D eigenvalue weighted by molar-refractivity contribution is -0.384. The quantitative estimate of drug-likeness (QED) is 0.514. The van der Waals surface area contributed by atoms with Crippen molar-refractivity contribution >= 4 is 23.2 Å². The molecule has 2 heterocycles. The standard InChI is InChI=1S/C20H17ClN4O3/c21-15-8-6-13(7-9-15)18-5-2-10-24(18)20(26)17-12-22-19(23-17)14-3-1-4-16(11-14)25(27)28/h1,3-4,6-9,11-12,18H,2,5,10H2,(H,22,23). The number of nitro benzene ring substituents is 1. The first-order valence-electron chi connectivity index (χ1n) is 8.89. The fourth-order valence-electron chi connectivity index (χ4n) is 3.54. The molecule has 1 saturated heterocycles. The van der Waals surface area contributed by atoms with E-state index in [0.717, 1.165) is 18.4 Å². The number of nitrogens with zero attached hydrogens (tertiary/aromatic N) is 3. The van der Waals surface area contributed by atoms with Crippen molar-refractivity contribution in [2.24, 2.45) is 0 Å². The van der Waals surface area contributed by atoms with Gasteiger partial charge in [-0.25, -0.2) is 4.98 Å². The number of carbonyl (C=O) groups excluding carboxylic acids is 1. The number of imidazole rings is 1. The normalized spacial score (nSPS) is 16.3. The molecule has 1 N–H and O–H groups in total. The molecule has 0 spiro atoms. The van der Waals surface area contributed by atoms with Gasteiger partial charge < -0.3 is 9.88 Å². The Morgan fingerprint density at radius 2 is 2.04 bits per heavy atom. The molecule has 1 aliphatic heterocycles. The van der Waals surface area contributed by atoms with Crippen molar-refractivity contribution < 1.29 is 9.72 Å². The minimum Gasteiger partial charge on any atom is -0.334 e. The van der Waals surface area contributed by atoms with Crippen molar-refractivity contribution in [2.75, 3.05) is 6.54 Å². The van der Waals surface area contributed by atoms with E-state index in [1.807, 2.05) is 29.2 Å². The molecule has 2 aromatic carbocycles.